The third-order valence-electron chi connectivity index (χ3n) is 3.09. The highest BCUT2D eigenvalue weighted by Crippen LogP contribution is 2.31. The summed E-state index contributed by atoms with van der Waals surface area (Å²) in [4.78, 5) is 16.4. The van der Waals surface area contributed by atoms with Crippen LogP contribution >= 0.6 is 11.3 Å². The predicted octanol–water partition coefficient (Wildman–Crippen LogP) is 3.01. The summed E-state index contributed by atoms with van der Waals surface area (Å²) in [5, 5.41) is 16.2. The molecule has 1 aromatic heterocycles. The number of carbonyl (C=O) groups excluding carboxylic acids is 1. The molecule has 1 aromatic carbocycles. The van der Waals surface area contributed by atoms with Gasteiger partial charge in [0.1, 0.15) is 10.0 Å². The minimum atomic E-state index is -0.317. The molecule has 112 valence electrons. The maximum absolute atomic E-state index is 11.9. The Morgan fingerprint density at radius 3 is 2.71 bits per heavy atom. The highest BCUT2D eigenvalue weighted by Gasteiger charge is 2.14. The highest BCUT2D eigenvalue weighted by atomic mass is 32.1. The fraction of sp³-hybridized carbons (Fsp3) is 0.333. The van der Waals surface area contributed by atoms with Gasteiger partial charge in [0, 0.05) is 5.56 Å². The van der Waals surface area contributed by atoms with Crippen molar-refractivity contribution in [1.82, 2.24) is 10.3 Å². The van der Waals surface area contributed by atoms with Crippen molar-refractivity contribution >= 4 is 22.4 Å². The van der Waals surface area contributed by atoms with Gasteiger partial charge < -0.3 is 10.4 Å². The molecule has 1 heterocycles. The van der Waals surface area contributed by atoms with E-state index in [2.05, 4.69) is 15.6 Å². The van der Waals surface area contributed by atoms with Crippen LogP contribution in [0.1, 0.15) is 19.0 Å². The molecule has 0 bridgehead atoms. The van der Waals surface area contributed by atoms with E-state index in [0.29, 0.717) is 6.42 Å². The van der Waals surface area contributed by atoms with Gasteiger partial charge in [-0.2, -0.15) is 0 Å². The largest absolute Gasteiger partial charge is 0.394 e. The molecule has 0 radical (unpaired) electrons. The molecule has 0 saturated heterocycles. The van der Waals surface area contributed by atoms with Crippen LogP contribution in [0, 0.1) is 6.92 Å². The van der Waals surface area contributed by atoms with Crippen molar-refractivity contribution in [2.45, 2.75) is 26.3 Å². The van der Waals surface area contributed by atoms with Gasteiger partial charge in [0.15, 0.2) is 0 Å². The average Bonchev–Trinajstić information content (AvgIpc) is 2.87. The van der Waals surface area contributed by atoms with E-state index in [1.807, 2.05) is 44.2 Å². The predicted molar refractivity (Wildman–Crippen MR) is 85.6 cm³/mol. The zero-order valence-corrected chi connectivity index (χ0v) is 12.9. The fourth-order valence-electron chi connectivity index (χ4n) is 1.82. The Morgan fingerprint density at radius 1 is 1.38 bits per heavy atom. The van der Waals surface area contributed by atoms with Crippen LogP contribution in [0.15, 0.2) is 30.3 Å². The van der Waals surface area contributed by atoms with E-state index in [4.69, 9.17) is 5.11 Å². The van der Waals surface area contributed by atoms with Crippen molar-refractivity contribution in [1.29, 1.82) is 0 Å². The number of aromatic nitrogens is 1. The average molecular weight is 305 g/mol. The van der Waals surface area contributed by atoms with Crippen molar-refractivity contribution in [3.05, 3.63) is 36.0 Å². The van der Waals surface area contributed by atoms with E-state index >= 15 is 0 Å². The molecule has 0 aliphatic rings. The molecule has 2 amide bonds. The Labute approximate surface area is 128 Å². The molecule has 2 rings (SSSR count). The quantitative estimate of drug-likeness (QED) is 0.795. The van der Waals surface area contributed by atoms with Crippen LogP contribution in [0.3, 0.4) is 0 Å². The standard InChI is InChI=1S/C15H19N3O2S/c1-3-12(9-19)17-15(20)18-13-10(2)16-14(21-13)11-7-5-4-6-8-11/h4-8,12,19H,3,9H2,1-2H3,(H2,17,18,20)/t12-/m1/s1. The van der Waals surface area contributed by atoms with Gasteiger partial charge in [0.25, 0.3) is 0 Å². The Balaban J connectivity index is 2.08. The Kier molecular flexibility index (Phi) is 5.30. The zero-order chi connectivity index (χ0) is 15.2. The Hall–Kier alpha value is -1.92. The first-order chi connectivity index (χ1) is 10.1. The number of carbonyl (C=O) groups is 1. The second-order valence-electron chi connectivity index (χ2n) is 4.69. The third-order valence-corrected chi connectivity index (χ3v) is 4.21. The first kappa shape index (κ1) is 15.5. The number of aryl methyl sites for hydroxylation is 1. The monoisotopic (exact) mass is 305 g/mol. The number of aliphatic hydroxyl groups excluding tert-OH is 1. The van der Waals surface area contributed by atoms with Crippen molar-refractivity contribution in [3.63, 3.8) is 0 Å². The van der Waals surface area contributed by atoms with Gasteiger partial charge in [-0.25, -0.2) is 9.78 Å². The molecule has 0 spiro atoms. The molecule has 0 aliphatic heterocycles. The van der Waals surface area contributed by atoms with Gasteiger partial charge in [-0.3, -0.25) is 5.32 Å². The number of benzene rings is 1. The molecule has 1 atom stereocenters. The number of nitrogens with one attached hydrogen (secondary N) is 2. The second-order valence-corrected chi connectivity index (χ2v) is 5.68. The minimum Gasteiger partial charge on any atom is -0.394 e. The Bertz CT molecular complexity index is 594. The van der Waals surface area contributed by atoms with E-state index in [1.54, 1.807) is 0 Å². The lowest BCUT2D eigenvalue weighted by molar-refractivity contribution is 0.222. The van der Waals surface area contributed by atoms with Gasteiger partial charge in [0.05, 0.1) is 18.3 Å². The summed E-state index contributed by atoms with van der Waals surface area (Å²) in [7, 11) is 0. The zero-order valence-electron chi connectivity index (χ0n) is 12.1. The molecule has 0 fully saturated rings. The summed E-state index contributed by atoms with van der Waals surface area (Å²) in [5.74, 6) is 0. The van der Waals surface area contributed by atoms with Gasteiger partial charge in [0.2, 0.25) is 0 Å². The van der Waals surface area contributed by atoms with Crippen molar-refractivity contribution in [2.24, 2.45) is 0 Å². The second kappa shape index (κ2) is 7.19. The number of anilines is 1. The summed E-state index contributed by atoms with van der Waals surface area (Å²) in [5.41, 5.74) is 1.81. The fourth-order valence-corrected chi connectivity index (χ4v) is 2.78. The lowest BCUT2D eigenvalue weighted by Gasteiger charge is -2.14. The summed E-state index contributed by atoms with van der Waals surface area (Å²) in [6, 6.07) is 9.30. The van der Waals surface area contributed by atoms with Crippen molar-refractivity contribution < 1.29 is 9.90 Å². The molecule has 0 unspecified atom stereocenters. The van der Waals surface area contributed by atoms with Gasteiger partial charge in [-0.1, -0.05) is 48.6 Å². The molecule has 5 nitrogen and oxygen atoms in total. The molecule has 2 aromatic rings. The van der Waals surface area contributed by atoms with Crippen LogP contribution in [0.2, 0.25) is 0 Å². The van der Waals surface area contributed by atoms with Crippen LogP contribution in [-0.2, 0) is 0 Å². The van der Waals surface area contributed by atoms with E-state index < -0.39 is 0 Å². The number of urea groups is 1. The topological polar surface area (TPSA) is 74.2 Å². The summed E-state index contributed by atoms with van der Waals surface area (Å²) in [6.45, 7) is 3.70. The summed E-state index contributed by atoms with van der Waals surface area (Å²) in [6.07, 6.45) is 0.681. The molecule has 21 heavy (non-hydrogen) atoms. The highest BCUT2D eigenvalue weighted by molar-refractivity contribution is 7.19. The van der Waals surface area contributed by atoms with Crippen molar-refractivity contribution in [3.8, 4) is 10.6 Å². The number of hydrogen-bond acceptors (Lipinski definition) is 4. The first-order valence-electron chi connectivity index (χ1n) is 6.85. The lowest BCUT2D eigenvalue weighted by atomic mass is 10.2. The van der Waals surface area contributed by atoms with Crippen LogP contribution in [0.5, 0.6) is 0 Å². The molecular weight excluding hydrogens is 286 g/mol. The number of thiazole rings is 1. The molecule has 3 N–H and O–H groups in total. The normalized spacial score (nSPS) is 12.0. The lowest BCUT2D eigenvalue weighted by Crippen LogP contribution is -2.39. The smallest absolute Gasteiger partial charge is 0.320 e. The van der Waals surface area contributed by atoms with E-state index in [0.717, 1.165) is 21.3 Å². The van der Waals surface area contributed by atoms with Crippen LogP contribution in [0.25, 0.3) is 10.6 Å². The number of hydrogen-bond donors (Lipinski definition) is 3. The van der Waals surface area contributed by atoms with Crippen molar-refractivity contribution in [2.75, 3.05) is 11.9 Å². The number of nitrogens with zero attached hydrogens (tertiary/aromatic N) is 1. The van der Waals surface area contributed by atoms with Gasteiger partial charge >= 0.3 is 6.03 Å². The number of amides is 2. The van der Waals surface area contributed by atoms with Crippen LogP contribution in [-0.4, -0.2) is 28.8 Å². The summed E-state index contributed by atoms with van der Waals surface area (Å²) >= 11 is 1.44. The molecule has 0 aliphatic carbocycles. The molecule has 0 saturated carbocycles. The molecular formula is C15H19N3O2S. The number of rotatable bonds is 5. The Morgan fingerprint density at radius 2 is 2.10 bits per heavy atom. The van der Waals surface area contributed by atoms with E-state index in [1.165, 1.54) is 11.3 Å². The molecule has 6 heteroatoms. The van der Waals surface area contributed by atoms with Gasteiger partial charge in [-0.15, -0.1) is 0 Å². The number of aliphatic hydroxyl groups is 1. The van der Waals surface area contributed by atoms with Crippen LogP contribution in [0.4, 0.5) is 9.80 Å². The maximum Gasteiger partial charge on any atom is 0.320 e. The summed E-state index contributed by atoms with van der Waals surface area (Å²) < 4.78 is 0. The SMILES string of the molecule is CC[C@H](CO)NC(=O)Nc1sc(-c2ccccc2)nc1C. The maximum atomic E-state index is 11.9. The van der Waals surface area contributed by atoms with E-state index in [-0.39, 0.29) is 18.7 Å². The third kappa shape index (κ3) is 4.03. The van der Waals surface area contributed by atoms with E-state index in [9.17, 15) is 4.79 Å². The minimum absolute atomic E-state index is 0.0686. The first-order valence-corrected chi connectivity index (χ1v) is 7.67. The van der Waals surface area contributed by atoms with Gasteiger partial charge in [-0.05, 0) is 13.3 Å². The van der Waals surface area contributed by atoms with Crippen LogP contribution < -0.4 is 10.6 Å².